The summed E-state index contributed by atoms with van der Waals surface area (Å²) in [7, 11) is 0. The summed E-state index contributed by atoms with van der Waals surface area (Å²) in [5.74, 6) is 2.39. The van der Waals surface area contributed by atoms with Crippen LogP contribution >= 0.6 is 0 Å². The van der Waals surface area contributed by atoms with Crippen molar-refractivity contribution in [2.75, 3.05) is 6.54 Å². The van der Waals surface area contributed by atoms with E-state index in [1.54, 1.807) is 6.20 Å². The minimum Gasteiger partial charge on any atom is -0.334 e. The maximum absolute atomic E-state index is 12.7. The number of hydrogen-bond acceptors (Lipinski definition) is 3. The highest BCUT2D eigenvalue weighted by Gasteiger charge is 2.36. The van der Waals surface area contributed by atoms with E-state index in [-0.39, 0.29) is 12.0 Å². The van der Waals surface area contributed by atoms with Crippen LogP contribution in [0.1, 0.15) is 49.7 Å². The maximum Gasteiger partial charge on any atom is 0.226 e. The van der Waals surface area contributed by atoms with Crippen LogP contribution in [0.5, 0.6) is 0 Å². The highest BCUT2D eigenvalue weighted by Crippen LogP contribution is 2.36. The molecule has 1 saturated heterocycles. The van der Waals surface area contributed by atoms with Gasteiger partial charge < -0.3 is 4.90 Å². The lowest BCUT2D eigenvalue weighted by Gasteiger charge is -2.32. The van der Waals surface area contributed by atoms with Gasteiger partial charge in [-0.1, -0.05) is 12.5 Å². The number of nitrogens with zero attached hydrogens (tertiary/aromatic N) is 4. The molecule has 4 rings (SSSR count). The quantitative estimate of drug-likeness (QED) is 0.875. The van der Waals surface area contributed by atoms with Crippen molar-refractivity contribution in [3.8, 4) is 5.82 Å². The number of aryl methyl sites for hydroxylation is 1. The first-order valence-corrected chi connectivity index (χ1v) is 8.52. The van der Waals surface area contributed by atoms with E-state index < -0.39 is 0 Å². The highest BCUT2D eigenvalue weighted by atomic mass is 16.2. The first-order valence-electron chi connectivity index (χ1n) is 8.52. The molecule has 0 radical (unpaired) electrons. The molecular weight excluding hydrogens is 288 g/mol. The number of aromatic nitrogens is 3. The molecule has 0 spiro atoms. The number of likely N-dealkylation sites (tertiary alicyclic amines) is 1. The smallest absolute Gasteiger partial charge is 0.226 e. The van der Waals surface area contributed by atoms with Gasteiger partial charge in [0.05, 0.1) is 11.7 Å². The van der Waals surface area contributed by atoms with Crippen LogP contribution in [0.2, 0.25) is 0 Å². The molecular formula is C18H22N4O. The summed E-state index contributed by atoms with van der Waals surface area (Å²) in [5, 5.41) is 0. The molecule has 1 atom stereocenters. The molecule has 23 heavy (non-hydrogen) atoms. The molecule has 5 nitrogen and oxygen atoms in total. The van der Waals surface area contributed by atoms with E-state index >= 15 is 0 Å². The molecule has 2 fully saturated rings. The van der Waals surface area contributed by atoms with Crippen LogP contribution in [-0.2, 0) is 4.79 Å². The van der Waals surface area contributed by atoms with E-state index in [0.717, 1.165) is 49.6 Å². The first-order chi connectivity index (χ1) is 11.2. The van der Waals surface area contributed by atoms with Crippen molar-refractivity contribution in [1.82, 2.24) is 19.4 Å². The standard InChI is InChI=1S/C18H22N4O/c1-13-19-10-12-21(13)17-9-3-7-15(20-17)16-8-4-11-22(16)18(23)14-5-2-6-14/h3,7,9-10,12,14,16H,2,4-6,8,11H2,1H3. The highest BCUT2D eigenvalue weighted by molar-refractivity contribution is 5.80. The van der Waals surface area contributed by atoms with Crippen LogP contribution in [0.3, 0.4) is 0 Å². The average molecular weight is 310 g/mol. The second-order valence-corrected chi connectivity index (χ2v) is 6.58. The van der Waals surface area contributed by atoms with Crippen LogP contribution < -0.4 is 0 Å². The molecule has 3 heterocycles. The minimum absolute atomic E-state index is 0.131. The number of pyridine rings is 1. The molecule has 1 unspecified atom stereocenters. The van der Waals surface area contributed by atoms with Gasteiger partial charge in [0.25, 0.3) is 0 Å². The van der Waals surface area contributed by atoms with E-state index in [4.69, 9.17) is 4.98 Å². The Hall–Kier alpha value is -2.17. The summed E-state index contributed by atoms with van der Waals surface area (Å²) >= 11 is 0. The summed E-state index contributed by atoms with van der Waals surface area (Å²) in [4.78, 5) is 23.8. The lowest BCUT2D eigenvalue weighted by molar-refractivity contribution is -0.139. The van der Waals surface area contributed by atoms with E-state index in [0.29, 0.717) is 5.91 Å². The van der Waals surface area contributed by atoms with Crippen molar-refractivity contribution in [2.45, 2.75) is 45.1 Å². The Kier molecular flexibility index (Phi) is 3.63. The van der Waals surface area contributed by atoms with Crippen molar-refractivity contribution in [3.05, 3.63) is 42.1 Å². The number of carbonyl (C=O) groups is 1. The Bertz CT molecular complexity index is 719. The number of rotatable bonds is 3. The van der Waals surface area contributed by atoms with Gasteiger partial charge in [-0.25, -0.2) is 9.97 Å². The summed E-state index contributed by atoms with van der Waals surface area (Å²) in [5.41, 5.74) is 1.00. The van der Waals surface area contributed by atoms with Gasteiger partial charge in [-0.15, -0.1) is 0 Å². The van der Waals surface area contributed by atoms with Gasteiger partial charge in [-0.3, -0.25) is 9.36 Å². The largest absolute Gasteiger partial charge is 0.334 e. The topological polar surface area (TPSA) is 51.0 Å². The molecule has 5 heteroatoms. The SMILES string of the molecule is Cc1nccn1-c1cccc(C2CCCN2C(=O)C2CCC2)n1. The molecule has 0 aromatic carbocycles. The third-order valence-corrected chi connectivity index (χ3v) is 5.16. The number of hydrogen-bond donors (Lipinski definition) is 0. The fraction of sp³-hybridized carbons (Fsp3) is 0.500. The molecule has 0 N–H and O–H groups in total. The third-order valence-electron chi connectivity index (χ3n) is 5.16. The van der Waals surface area contributed by atoms with Crippen molar-refractivity contribution < 1.29 is 4.79 Å². The molecule has 0 bridgehead atoms. The number of imidazole rings is 1. The zero-order valence-electron chi connectivity index (χ0n) is 13.5. The fourth-order valence-corrected chi connectivity index (χ4v) is 3.61. The monoisotopic (exact) mass is 310 g/mol. The number of carbonyl (C=O) groups excluding carboxylic acids is 1. The molecule has 1 amide bonds. The Labute approximate surface area is 136 Å². The van der Waals surface area contributed by atoms with Gasteiger partial charge in [-0.2, -0.15) is 0 Å². The Morgan fingerprint density at radius 2 is 2.09 bits per heavy atom. The lowest BCUT2D eigenvalue weighted by Crippen LogP contribution is -2.38. The van der Waals surface area contributed by atoms with Crippen molar-refractivity contribution in [1.29, 1.82) is 0 Å². The Balaban J connectivity index is 1.62. The van der Waals surface area contributed by atoms with Gasteiger partial charge in [0.15, 0.2) is 0 Å². The molecule has 1 aliphatic carbocycles. The van der Waals surface area contributed by atoms with Crippen molar-refractivity contribution >= 4 is 5.91 Å². The molecule has 2 aromatic heterocycles. The van der Waals surface area contributed by atoms with Gasteiger partial charge in [0.1, 0.15) is 11.6 Å². The molecule has 2 aromatic rings. The van der Waals surface area contributed by atoms with E-state index in [1.165, 1.54) is 6.42 Å². The summed E-state index contributed by atoms with van der Waals surface area (Å²) in [6, 6.07) is 6.20. The van der Waals surface area contributed by atoms with Gasteiger partial charge in [0, 0.05) is 24.9 Å². The predicted octanol–water partition coefficient (Wildman–Crippen LogP) is 3.04. The van der Waals surface area contributed by atoms with Gasteiger partial charge >= 0.3 is 0 Å². The molecule has 2 aliphatic rings. The first kappa shape index (κ1) is 14.4. The fourth-order valence-electron chi connectivity index (χ4n) is 3.61. The maximum atomic E-state index is 12.7. The zero-order valence-corrected chi connectivity index (χ0v) is 13.5. The Morgan fingerprint density at radius 3 is 2.78 bits per heavy atom. The summed E-state index contributed by atoms with van der Waals surface area (Å²) in [6.07, 6.45) is 9.10. The molecule has 1 aliphatic heterocycles. The van der Waals surface area contributed by atoms with Crippen LogP contribution in [0, 0.1) is 12.8 Å². The molecule has 120 valence electrons. The summed E-state index contributed by atoms with van der Waals surface area (Å²) in [6.45, 7) is 2.84. The normalized spacial score (nSPS) is 21.4. The summed E-state index contributed by atoms with van der Waals surface area (Å²) < 4.78 is 1.98. The second-order valence-electron chi connectivity index (χ2n) is 6.58. The van der Waals surface area contributed by atoms with Crippen LogP contribution in [-0.4, -0.2) is 31.9 Å². The predicted molar refractivity (Wildman–Crippen MR) is 87.1 cm³/mol. The average Bonchev–Trinajstić information content (AvgIpc) is 3.14. The van der Waals surface area contributed by atoms with Crippen molar-refractivity contribution in [2.24, 2.45) is 5.92 Å². The minimum atomic E-state index is 0.131. The molecule has 1 saturated carbocycles. The van der Waals surface area contributed by atoms with Gasteiger partial charge in [0.2, 0.25) is 5.91 Å². The van der Waals surface area contributed by atoms with E-state index in [9.17, 15) is 4.79 Å². The second kappa shape index (κ2) is 5.80. The van der Waals surface area contributed by atoms with E-state index in [1.807, 2.05) is 35.9 Å². The Morgan fingerprint density at radius 1 is 1.22 bits per heavy atom. The van der Waals surface area contributed by atoms with Crippen LogP contribution in [0.15, 0.2) is 30.6 Å². The van der Waals surface area contributed by atoms with Crippen LogP contribution in [0.4, 0.5) is 0 Å². The third kappa shape index (κ3) is 2.54. The number of amides is 1. The van der Waals surface area contributed by atoms with Crippen LogP contribution in [0.25, 0.3) is 5.82 Å². The van der Waals surface area contributed by atoms with E-state index in [2.05, 4.69) is 9.88 Å². The van der Waals surface area contributed by atoms with Crippen molar-refractivity contribution in [3.63, 3.8) is 0 Å². The van der Waals surface area contributed by atoms with Gasteiger partial charge in [-0.05, 0) is 44.7 Å². The zero-order chi connectivity index (χ0) is 15.8. The lowest BCUT2D eigenvalue weighted by atomic mass is 9.84.